The number of tetrazole rings is 1. The Hall–Kier alpha value is -3.63. The second-order valence-corrected chi connectivity index (χ2v) is 4.88. The molecule has 0 aliphatic carbocycles. The normalized spacial score (nSPS) is 10.8. The van der Waals surface area contributed by atoms with Gasteiger partial charge in [0.1, 0.15) is 5.82 Å². The maximum atomic E-state index is 13.5. The lowest BCUT2D eigenvalue weighted by molar-refractivity contribution is 0.0697. The van der Waals surface area contributed by atoms with Crippen LogP contribution in [0.4, 0.5) is 15.8 Å². The first-order valence-corrected chi connectivity index (χ1v) is 6.56. The van der Waals surface area contributed by atoms with Gasteiger partial charge in [-0.1, -0.05) is 0 Å². The van der Waals surface area contributed by atoms with Gasteiger partial charge in [0.15, 0.2) is 5.69 Å². The molecule has 3 rings (SSSR count). The number of carbonyl (C=O) groups excluding carboxylic acids is 1. The zero-order valence-corrected chi connectivity index (χ0v) is 12.2. The maximum Gasteiger partial charge on any atom is 0.337 e. The second kappa shape index (κ2) is 5.53. The van der Waals surface area contributed by atoms with Gasteiger partial charge in [-0.15, -0.1) is 14.8 Å². The number of aromatic nitrogens is 5. The summed E-state index contributed by atoms with van der Waals surface area (Å²) in [4.78, 5) is 23.5. The number of hydrogen-bond donors (Lipinski definition) is 3. The molecule has 0 aliphatic heterocycles. The fourth-order valence-electron chi connectivity index (χ4n) is 2.03. The summed E-state index contributed by atoms with van der Waals surface area (Å²) in [6.45, 7) is 1.44. The van der Waals surface area contributed by atoms with E-state index < -0.39 is 17.7 Å². The van der Waals surface area contributed by atoms with Gasteiger partial charge in [0.2, 0.25) is 5.65 Å². The predicted molar refractivity (Wildman–Crippen MR) is 79.0 cm³/mol. The molecular formula is C13H10FN7O3. The summed E-state index contributed by atoms with van der Waals surface area (Å²) in [5.74, 6) is -2.82. The van der Waals surface area contributed by atoms with Gasteiger partial charge in [-0.3, -0.25) is 4.79 Å². The zero-order valence-electron chi connectivity index (χ0n) is 12.2. The molecule has 1 aromatic carbocycles. The summed E-state index contributed by atoms with van der Waals surface area (Å²) in [5.41, 5.74) is 5.62. The first-order chi connectivity index (χ1) is 11.4. The number of carboxylic acids is 1. The van der Waals surface area contributed by atoms with Crippen LogP contribution in [0.3, 0.4) is 0 Å². The molecule has 10 nitrogen and oxygen atoms in total. The summed E-state index contributed by atoms with van der Waals surface area (Å²) in [7, 11) is 0. The second-order valence-electron chi connectivity index (χ2n) is 4.88. The van der Waals surface area contributed by atoms with E-state index in [1.807, 2.05) is 0 Å². The number of benzene rings is 1. The van der Waals surface area contributed by atoms with Crippen LogP contribution in [0.2, 0.25) is 0 Å². The summed E-state index contributed by atoms with van der Waals surface area (Å²) in [6.07, 6.45) is 0. The van der Waals surface area contributed by atoms with E-state index in [-0.39, 0.29) is 33.8 Å². The Morgan fingerprint density at radius 3 is 2.79 bits per heavy atom. The van der Waals surface area contributed by atoms with Gasteiger partial charge in [0, 0.05) is 0 Å². The van der Waals surface area contributed by atoms with Gasteiger partial charge in [-0.25, -0.2) is 9.18 Å². The third-order valence-corrected chi connectivity index (χ3v) is 3.22. The van der Waals surface area contributed by atoms with Crippen molar-refractivity contribution in [3.8, 4) is 0 Å². The average molecular weight is 331 g/mol. The summed E-state index contributed by atoms with van der Waals surface area (Å²) in [5, 5.41) is 25.9. The molecule has 0 saturated carbocycles. The van der Waals surface area contributed by atoms with E-state index in [2.05, 4.69) is 25.9 Å². The van der Waals surface area contributed by atoms with Gasteiger partial charge in [0.25, 0.3) is 5.91 Å². The number of hydrogen-bond acceptors (Lipinski definition) is 7. The van der Waals surface area contributed by atoms with Crippen LogP contribution in [0.5, 0.6) is 0 Å². The van der Waals surface area contributed by atoms with Crippen LogP contribution in [0.25, 0.3) is 5.65 Å². The van der Waals surface area contributed by atoms with Crippen molar-refractivity contribution in [3.63, 3.8) is 0 Å². The van der Waals surface area contributed by atoms with Gasteiger partial charge in [-0.2, -0.15) is 0 Å². The van der Waals surface area contributed by atoms with Crippen molar-refractivity contribution in [2.24, 2.45) is 0 Å². The van der Waals surface area contributed by atoms with Crippen LogP contribution in [0.1, 0.15) is 26.4 Å². The molecule has 0 bridgehead atoms. The number of nitrogens with two attached hydrogens (primary N) is 1. The molecular weight excluding hydrogens is 321 g/mol. The number of amides is 1. The molecule has 0 radical (unpaired) electrons. The van der Waals surface area contributed by atoms with Crippen molar-refractivity contribution >= 4 is 28.9 Å². The Kier molecular flexibility index (Phi) is 3.52. The standard InChI is InChI=1S/C13H10FN7O3/c1-5-2-9(6(13(23)24)3-7(5)14)16-12(22)10-4-8(15)11-17-19-20-21(11)18-10/h2-4H,15H2,1H3,(H,16,22)(H,23,24). The molecule has 11 heteroatoms. The highest BCUT2D eigenvalue weighted by molar-refractivity contribution is 6.07. The highest BCUT2D eigenvalue weighted by atomic mass is 19.1. The molecule has 1 amide bonds. The highest BCUT2D eigenvalue weighted by Gasteiger charge is 2.18. The molecule has 2 aromatic heterocycles. The minimum absolute atomic E-state index is 0.0661. The molecule has 0 saturated heterocycles. The molecule has 4 N–H and O–H groups in total. The maximum absolute atomic E-state index is 13.5. The summed E-state index contributed by atoms with van der Waals surface area (Å²) < 4.78 is 14.5. The number of rotatable bonds is 3. The molecule has 0 fully saturated rings. The lowest BCUT2D eigenvalue weighted by Crippen LogP contribution is -2.18. The van der Waals surface area contributed by atoms with Gasteiger partial charge >= 0.3 is 5.97 Å². The fourth-order valence-corrected chi connectivity index (χ4v) is 2.03. The number of fused-ring (bicyclic) bond motifs is 1. The lowest BCUT2D eigenvalue weighted by Gasteiger charge is -2.10. The van der Waals surface area contributed by atoms with Crippen LogP contribution in [-0.2, 0) is 0 Å². The van der Waals surface area contributed by atoms with Crippen LogP contribution in [0.15, 0.2) is 18.2 Å². The highest BCUT2D eigenvalue weighted by Crippen LogP contribution is 2.21. The summed E-state index contributed by atoms with van der Waals surface area (Å²) in [6, 6.07) is 3.30. The number of nitrogen functional groups attached to an aromatic ring is 1. The minimum atomic E-state index is -1.38. The van der Waals surface area contributed by atoms with E-state index in [1.54, 1.807) is 0 Å². The number of nitrogens with zero attached hydrogens (tertiary/aromatic N) is 5. The van der Waals surface area contributed by atoms with Gasteiger partial charge < -0.3 is 16.2 Å². The Morgan fingerprint density at radius 1 is 1.33 bits per heavy atom. The first-order valence-electron chi connectivity index (χ1n) is 6.56. The molecule has 0 aliphatic rings. The van der Waals surface area contributed by atoms with Crippen molar-refractivity contribution in [3.05, 3.63) is 40.8 Å². The van der Waals surface area contributed by atoms with Crippen LogP contribution in [0, 0.1) is 12.7 Å². The van der Waals surface area contributed by atoms with E-state index in [9.17, 15) is 14.0 Å². The summed E-state index contributed by atoms with van der Waals surface area (Å²) >= 11 is 0. The van der Waals surface area contributed by atoms with E-state index >= 15 is 0 Å². The predicted octanol–water partition coefficient (Wildman–Crippen LogP) is 0.500. The van der Waals surface area contributed by atoms with E-state index in [0.717, 1.165) is 10.7 Å². The monoisotopic (exact) mass is 331 g/mol. The zero-order chi connectivity index (χ0) is 17.4. The largest absolute Gasteiger partial charge is 0.478 e. The molecule has 24 heavy (non-hydrogen) atoms. The topological polar surface area (TPSA) is 148 Å². The smallest absolute Gasteiger partial charge is 0.337 e. The SMILES string of the molecule is Cc1cc(NC(=O)c2cc(N)c3nnnn3n2)c(C(=O)O)cc1F. The minimum Gasteiger partial charge on any atom is -0.478 e. The molecule has 2 heterocycles. The van der Waals surface area contributed by atoms with Crippen molar-refractivity contribution in [2.45, 2.75) is 6.92 Å². The molecule has 0 atom stereocenters. The van der Waals surface area contributed by atoms with Crippen molar-refractivity contribution in [1.82, 2.24) is 25.3 Å². The van der Waals surface area contributed by atoms with E-state index in [4.69, 9.17) is 10.8 Å². The number of aromatic carboxylic acids is 1. The lowest BCUT2D eigenvalue weighted by atomic mass is 10.1. The number of halogens is 1. The molecule has 0 unspecified atom stereocenters. The number of carboxylic acid groups (broad SMARTS) is 1. The quantitative estimate of drug-likeness (QED) is 0.628. The molecule has 3 aromatic rings. The van der Waals surface area contributed by atoms with Gasteiger partial charge in [0.05, 0.1) is 16.9 Å². The Bertz CT molecular complexity index is 985. The van der Waals surface area contributed by atoms with Crippen LogP contribution in [-0.4, -0.2) is 42.2 Å². The fraction of sp³-hybridized carbons (Fsp3) is 0.0769. The Labute approximate surface area is 133 Å². The van der Waals surface area contributed by atoms with Crippen molar-refractivity contribution in [1.29, 1.82) is 0 Å². The van der Waals surface area contributed by atoms with Crippen molar-refractivity contribution < 1.29 is 19.1 Å². The Balaban J connectivity index is 1.99. The third kappa shape index (κ3) is 2.58. The molecule has 122 valence electrons. The number of aryl methyl sites for hydroxylation is 1. The van der Waals surface area contributed by atoms with E-state index in [0.29, 0.717) is 0 Å². The molecule has 0 spiro atoms. The third-order valence-electron chi connectivity index (χ3n) is 3.22. The van der Waals surface area contributed by atoms with Crippen molar-refractivity contribution in [2.75, 3.05) is 11.1 Å². The Morgan fingerprint density at radius 2 is 2.08 bits per heavy atom. The van der Waals surface area contributed by atoms with E-state index in [1.165, 1.54) is 19.1 Å². The number of anilines is 2. The first kappa shape index (κ1) is 15.3. The van der Waals surface area contributed by atoms with Crippen LogP contribution < -0.4 is 11.1 Å². The van der Waals surface area contributed by atoms with Gasteiger partial charge in [-0.05, 0) is 41.1 Å². The number of nitrogens with one attached hydrogen (secondary N) is 1. The average Bonchev–Trinajstić information content (AvgIpc) is 2.99. The number of carbonyl (C=O) groups is 2. The van der Waals surface area contributed by atoms with Crippen LogP contribution >= 0.6 is 0 Å².